The SMILES string of the molecule is C1CCOC1.c1ccc([C](c2ccccc2)c2ccccc2)cc1. The molecule has 3 aromatic rings. The summed E-state index contributed by atoms with van der Waals surface area (Å²) in [5.74, 6) is 1.28. The molecule has 1 heterocycles. The largest absolute Gasteiger partial charge is 0.381 e. The van der Waals surface area contributed by atoms with Crippen molar-refractivity contribution in [3.05, 3.63) is 114 Å². The third-order valence-electron chi connectivity index (χ3n) is 4.01. The van der Waals surface area contributed by atoms with Gasteiger partial charge in [0.05, 0.1) is 5.92 Å². The first kappa shape index (κ1) is 16.5. The van der Waals surface area contributed by atoms with Crippen molar-refractivity contribution < 1.29 is 4.74 Å². The summed E-state index contributed by atoms with van der Waals surface area (Å²) in [6.45, 7) is 2.00. The van der Waals surface area contributed by atoms with Gasteiger partial charge in [0.2, 0.25) is 0 Å². The predicted octanol–water partition coefficient (Wildman–Crippen LogP) is 5.50. The fourth-order valence-corrected chi connectivity index (χ4v) is 2.82. The minimum Gasteiger partial charge on any atom is -0.381 e. The summed E-state index contributed by atoms with van der Waals surface area (Å²) in [5.41, 5.74) is 3.75. The fraction of sp³-hybridized carbons (Fsp3) is 0.174. The topological polar surface area (TPSA) is 9.23 Å². The van der Waals surface area contributed by atoms with Crippen molar-refractivity contribution in [2.75, 3.05) is 13.2 Å². The number of hydrogen-bond acceptors (Lipinski definition) is 1. The second-order valence-corrected chi connectivity index (χ2v) is 5.79. The highest BCUT2D eigenvalue weighted by atomic mass is 16.5. The van der Waals surface area contributed by atoms with Crippen molar-refractivity contribution in [2.24, 2.45) is 0 Å². The van der Waals surface area contributed by atoms with Gasteiger partial charge in [-0.15, -0.1) is 0 Å². The molecule has 0 amide bonds. The summed E-state index contributed by atoms with van der Waals surface area (Å²) >= 11 is 0. The summed E-state index contributed by atoms with van der Waals surface area (Å²) < 4.78 is 4.94. The van der Waals surface area contributed by atoms with Crippen molar-refractivity contribution in [1.82, 2.24) is 0 Å². The highest BCUT2D eigenvalue weighted by Crippen LogP contribution is 2.30. The second-order valence-electron chi connectivity index (χ2n) is 5.79. The van der Waals surface area contributed by atoms with Crippen molar-refractivity contribution in [3.63, 3.8) is 0 Å². The van der Waals surface area contributed by atoms with E-state index >= 15 is 0 Å². The molecule has 1 radical (unpaired) electrons. The zero-order chi connectivity index (χ0) is 16.5. The molecular formula is C23H23O. The van der Waals surface area contributed by atoms with E-state index < -0.39 is 0 Å². The first-order valence-corrected chi connectivity index (χ1v) is 8.56. The van der Waals surface area contributed by atoms with E-state index in [9.17, 15) is 0 Å². The molecule has 3 aromatic carbocycles. The van der Waals surface area contributed by atoms with Gasteiger partial charge in [-0.2, -0.15) is 0 Å². The van der Waals surface area contributed by atoms with Crippen molar-refractivity contribution in [1.29, 1.82) is 0 Å². The number of ether oxygens (including phenoxy) is 1. The highest BCUT2D eigenvalue weighted by Gasteiger charge is 2.16. The average Bonchev–Trinajstić information content (AvgIpc) is 3.25. The average molecular weight is 315 g/mol. The molecule has 1 saturated heterocycles. The van der Waals surface area contributed by atoms with Crippen LogP contribution in [0.1, 0.15) is 29.5 Å². The minimum absolute atomic E-state index is 1.00. The summed E-state index contributed by atoms with van der Waals surface area (Å²) in [5, 5.41) is 0. The number of benzene rings is 3. The predicted molar refractivity (Wildman–Crippen MR) is 99.9 cm³/mol. The Bertz CT molecular complexity index is 586. The summed E-state index contributed by atoms with van der Waals surface area (Å²) in [4.78, 5) is 0. The van der Waals surface area contributed by atoms with Crippen LogP contribution in [0, 0.1) is 5.92 Å². The van der Waals surface area contributed by atoms with Crippen LogP contribution in [0.4, 0.5) is 0 Å². The molecule has 121 valence electrons. The van der Waals surface area contributed by atoms with Crippen molar-refractivity contribution >= 4 is 0 Å². The van der Waals surface area contributed by atoms with Gasteiger partial charge in [0.1, 0.15) is 0 Å². The lowest BCUT2D eigenvalue weighted by Gasteiger charge is -2.17. The first-order chi connectivity index (χ1) is 11.9. The van der Waals surface area contributed by atoms with Crippen LogP contribution < -0.4 is 0 Å². The lowest BCUT2D eigenvalue weighted by Crippen LogP contribution is -2.03. The van der Waals surface area contributed by atoms with Gasteiger partial charge < -0.3 is 4.74 Å². The van der Waals surface area contributed by atoms with Gasteiger partial charge >= 0.3 is 0 Å². The molecule has 1 heteroatoms. The van der Waals surface area contributed by atoms with E-state index in [1.807, 2.05) is 0 Å². The molecule has 0 N–H and O–H groups in total. The lowest BCUT2D eigenvalue weighted by molar-refractivity contribution is 0.198. The zero-order valence-electron chi connectivity index (χ0n) is 13.9. The van der Waals surface area contributed by atoms with Crippen LogP contribution in [0.3, 0.4) is 0 Å². The van der Waals surface area contributed by atoms with Crippen LogP contribution in [0.15, 0.2) is 91.0 Å². The Balaban J connectivity index is 0.000000290. The molecule has 4 rings (SSSR count). The molecule has 0 unspecified atom stereocenters. The van der Waals surface area contributed by atoms with E-state index in [4.69, 9.17) is 4.74 Å². The monoisotopic (exact) mass is 315 g/mol. The Hall–Kier alpha value is -2.38. The Kier molecular flexibility index (Phi) is 6.21. The second kappa shape index (κ2) is 9.05. The third kappa shape index (κ3) is 4.56. The third-order valence-corrected chi connectivity index (χ3v) is 4.01. The molecule has 0 aromatic heterocycles. The highest BCUT2D eigenvalue weighted by molar-refractivity contribution is 5.56. The summed E-state index contributed by atoms with van der Waals surface area (Å²) in [7, 11) is 0. The maximum absolute atomic E-state index is 4.94. The lowest BCUT2D eigenvalue weighted by atomic mass is 9.85. The number of hydrogen-bond donors (Lipinski definition) is 0. The normalized spacial score (nSPS) is 13.4. The van der Waals surface area contributed by atoms with Crippen LogP contribution in [-0.4, -0.2) is 13.2 Å². The minimum atomic E-state index is 1.00. The molecular weight excluding hydrogens is 292 g/mol. The van der Waals surface area contributed by atoms with Gasteiger partial charge in [0, 0.05) is 13.2 Å². The number of rotatable bonds is 3. The maximum atomic E-state index is 4.94. The standard InChI is InChI=1S/C19H15.C4H8O/c1-4-10-16(11-5-1)19(17-12-6-2-7-13-17)18-14-8-3-9-15-18;1-2-4-5-3-1/h1-15H;1-4H2. The summed E-state index contributed by atoms with van der Waals surface area (Å²) in [6, 6.07) is 31.6. The molecule has 0 spiro atoms. The van der Waals surface area contributed by atoms with Gasteiger partial charge in [-0.1, -0.05) is 91.0 Å². The molecule has 0 atom stereocenters. The van der Waals surface area contributed by atoms with Gasteiger partial charge in [0.15, 0.2) is 0 Å². The molecule has 0 saturated carbocycles. The Morgan fingerprint density at radius 3 is 1.08 bits per heavy atom. The zero-order valence-corrected chi connectivity index (χ0v) is 13.9. The van der Waals surface area contributed by atoms with Crippen LogP contribution in [0.25, 0.3) is 0 Å². The van der Waals surface area contributed by atoms with E-state index in [-0.39, 0.29) is 0 Å². The fourth-order valence-electron chi connectivity index (χ4n) is 2.82. The van der Waals surface area contributed by atoms with Crippen molar-refractivity contribution in [2.45, 2.75) is 12.8 Å². The van der Waals surface area contributed by atoms with Crippen LogP contribution in [0.2, 0.25) is 0 Å². The smallest absolute Gasteiger partial charge is 0.0629 e. The van der Waals surface area contributed by atoms with E-state index in [0.717, 1.165) is 13.2 Å². The first-order valence-electron chi connectivity index (χ1n) is 8.56. The van der Waals surface area contributed by atoms with E-state index in [1.165, 1.54) is 35.4 Å². The van der Waals surface area contributed by atoms with E-state index in [1.54, 1.807) is 0 Å². The maximum Gasteiger partial charge on any atom is 0.0629 e. The molecule has 1 nitrogen and oxygen atoms in total. The Labute approximate surface area is 144 Å². The van der Waals surface area contributed by atoms with Crippen LogP contribution >= 0.6 is 0 Å². The molecule has 1 fully saturated rings. The Morgan fingerprint density at radius 1 is 0.500 bits per heavy atom. The molecule has 1 aliphatic heterocycles. The van der Waals surface area contributed by atoms with E-state index in [0.29, 0.717) is 0 Å². The van der Waals surface area contributed by atoms with Gasteiger partial charge in [-0.25, -0.2) is 0 Å². The molecule has 0 aliphatic carbocycles. The van der Waals surface area contributed by atoms with E-state index in [2.05, 4.69) is 91.0 Å². The van der Waals surface area contributed by atoms with Gasteiger partial charge in [-0.3, -0.25) is 0 Å². The van der Waals surface area contributed by atoms with Crippen LogP contribution in [0.5, 0.6) is 0 Å². The Morgan fingerprint density at radius 2 is 0.833 bits per heavy atom. The molecule has 1 aliphatic rings. The van der Waals surface area contributed by atoms with Crippen molar-refractivity contribution in [3.8, 4) is 0 Å². The summed E-state index contributed by atoms with van der Waals surface area (Å²) in [6.07, 6.45) is 2.56. The molecule has 24 heavy (non-hydrogen) atoms. The van der Waals surface area contributed by atoms with Gasteiger partial charge in [0.25, 0.3) is 0 Å². The quantitative estimate of drug-likeness (QED) is 0.580. The van der Waals surface area contributed by atoms with Gasteiger partial charge in [-0.05, 0) is 29.5 Å². The molecule has 0 bridgehead atoms. The van der Waals surface area contributed by atoms with Crippen LogP contribution in [-0.2, 0) is 4.74 Å².